The highest BCUT2D eigenvalue weighted by Crippen LogP contribution is 2.64. The fraction of sp³-hybridized carbons (Fsp3) is 0.375. The van der Waals surface area contributed by atoms with E-state index in [1.165, 1.54) is 6.07 Å². The normalized spacial score (nSPS) is 22.5. The third-order valence-electron chi connectivity index (χ3n) is 4.05. The molecule has 1 aromatic heterocycles. The van der Waals surface area contributed by atoms with Crippen molar-refractivity contribution in [3.8, 4) is 0 Å². The Morgan fingerprint density at radius 2 is 2.05 bits per heavy atom. The maximum Gasteiger partial charge on any atom is 0.336 e. The lowest BCUT2D eigenvalue weighted by Crippen LogP contribution is -2.21. The molecule has 2 aromatic rings. The molecule has 1 aliphatic carbocycles. The smallest absolute Gasteiger partial charge is 0.336 e. The summed E-state index contributed by atoms with van der Waals surface area (Å²) in [5.74, 6) is -0.467. The molecule has 22 heavy (non-hydrogen) atoms. The van der Waals surface area contributed by atoms with E-state index in [9.17, 15) is 9.59 Å². The first-order chi connectivity index (χ1) is 10.2. The summed E-state index contributed by atoms with van der Waals surface area (Å²) in [5.41, 5.74) is 0.677. The van der Waals surface area contributed by atoms with Crippen LogP contribution < -0.4 is 5.63 Å². The third-order valence-corrected chi connectivity index (χ3v) is 5.15. The van der Waals surface area contributed by atoms with E-state index < -0.39 is 21.3 Å². The van der Waals surface area contributed by atoms with E-state index in [1.54, 1.807) is 13.0 Å². The molecular formula is C16H14Cl2O4. The summed E-state index contributed by atoms with van der Waals surface area (Å²) >= 11 is 11.9. The number of aryl methyl sites for hydroxylation is 1. The van der Waals surface area contributed by atoms with Crippen LogP contribution in [0.4, 0.5) is 0 Å². The van der Waals surface area contributed by atoms with Gasteiger partial charge >= 0.3 is 11.6 Å². The molecule has 1 aliphatic rings. The second-order valence-electron chi connectivity index (χ2n) is 5.88. The van der Waals surface area contributed by atoms with Crippen LogP contribution in [-0.4, -0.2) is 10.3 Å². The molecule has 0 unspecified atom stereocenters. The topological polar surface area (TPSA) is 56.5 Å². The number of benzene rings is 1. The Morgan fingerprint density at radius 1 is 1.36 bits per heavy atom. The molecule has 4 nitrogen and oxygen atoms in total. The molecule has 0 bridgehead atoms. The van der Waals surface area contributed by atoms with Crippen LogP contribution in [0.5, 0.6) is 0 Å². The van der Waals surface area contributed by atoms with Crippen LogP contribution in [0.15, 0.2) is 33.5 Å². The summed E-state index contributed by atoms with van der Waals surface area (Å²) in [6.07, 6.45) is 0.360. The fourth-order valence-corrected chi connectivity index (χ4v) is 3.07. The molecular weight excluding hydrogens is 327 g/mol. The van der Waals surface area contributed by atoms with E-state index in [2.05, 4.69) is 0 Å². The molecule has 1 heterocycles. The molecule has 1 aromatic carbocycles. The van der Waals surface area contributed by atoms with Gasteiger partial charge in [0.05, 0.1) is 0 Å². The predicted molar refractivity (Wildman–Crippen MR) is 84.2 cm³/mol. The van der Waals surface area contributed by atoms with Crippen molar-refractivity contribution in [2.24, 2.45) is 5.41 Å². The van der Waals surface area contributed by atoms with Crippen LogP contribution >= 0.6 is 23.2 Å². The lowest BCUT2D eigenvalue weighted by Gasteiger charge is -2.12. The number of hydrogen-bond acceptors (Lipinski definition) is 4. The van der Waals surface area contributed by atoms with Crippen LogP contribution in [0.25, 0.3) is 11.0 Å². The largest absolute Gasteiger partial charge is 0.460 e. The van der Waals surface area contributed by atoms with E-state index in [0.29, 0.717) is 17.6 Å². The Bertz CT molecular complexity index is 824. The molecule has 3 rings (SSSR count). The summed E-state index contributed by atoms with van der Waals surface area (Å²) in [6, 6.07) is 6.84. The predicted octanol–water partition coefficient (Wildman–Crippen LogP) is 3.73. The van der Waals surface area contributed by atoms with Crippen molar-refractivity contribution in [1.29, 1.82) is 0 Å². The Balaban J connectivity index is 1.86. The number of halogens is 2. The Morgan fingerprint density at radius 3 is 2.68 bits per heavy atom. The monoisotopic (exact) mass is 340 g/mol. The number of ether oxygens (including phenoxy) is 1. The van der Waals surface area contributed by atoms with Crippen molar-refractivity contribution < 1.29 is 13.9 Å². The summed E-state index contributed by atoms with van der Waals surface area (Å²) in [4.78, 5) is 23.7. The fourth-order valence-electron chi connectivity index (χ4n) is 2.38. The number of fused-ring (bicyclic) bond motifs is 1. The van der Waals surface area contributed by atoms with Crippen molar-refractivity contribution in [3.05, 3.63) is 45.8 Å². The third kappa shape index (κ3) is 2.50. The molecule has 0 amide bonds. The van der Waals surface area contributed by atoms with Crippen molar-refractivity contribution in [2.45, 2.75) is 31.2 Å². The zero-order valence-corrected chi connectivity index (χ0v) is 13.6. The average molecular weight is 341 g/mol. The van der Waals surface area contributed by atoms with Crippen LogP contribution in [-0.2, 0) is 16.1 Å². The molecule has 0 N–H and O–H groups in total. The molecule has 6 heteroatoms. The Labute approximate surface area is 137 Å². The zero-order valence-electron chi connectivity index (χ0n) is 12.1. The number of carbonyl (C=O) groups excluding carboxylic acids is 1. The first-order valence-electron chi connectivity index (χ1n) is 6.81. The quantitative estimate of drug-likeness (QED) is 0.485. The molecule has 0 spiro atoms. The van der Waals surface area contributed by atoms with Gasteiger partial charge in [0, 0.05) is 23.4 Å². The zero-order chi connectivity index (χ0) is 16.1. The number of rotatable bonds is 3. The van der Waals surface area contributed by atoms with Gasteiger partial charge in [-0.05, 0) is 25.5 Å². The summed E-state index contributed by atoms with van der Waals surface area (Å²) in [7, 11) is 0. The first kappa shape index (κ1) is 15.4. The second-order valence-corrected chi connectivity index (χ2v) is 7.36. The molecule has 0 saturated heterocycles. The van der Waals surface area contributed by atoms with Crippen LogP contribution in [0.1, 0.15) is 24.5 Å². The minimum Gasteiger partial charge on any atom is -0.460 e. The first-order valence-corrected chi connectivity index (χ1v) is 7.57. The van der Waals surface area contributed by atoms with E-state index in [4.69, 9.17) is 32.4 Å². The van der Waals surface area contributed by atoms with E-state index in [1.807, 2.05) is 19.1 Å². The average Bonchev–Trinajstić information content (AvgIpc) is 2.95. The maximum absolute atomic E-state index is 12.1. The van der Waals surface area contributed by atoms with Crippen molar-refractivity contribution >= 4 is 40.1 Å². The van der Waals surface area contributed by atoms with Gasteiger partial charge in [0.2, 0.25) is 0 Å². The van der Waals surface area contributed by atoms with E-state index in [0.717, 1.165) is 10.9 Å². The Hall–Kier alpha value is -1.52. The van der Waals surface area contributed by atoms with Gasteiger partial charge < -0.3 is 9.15 Å². The lowest BCUT2D eigenvalue weighted by atomic mass is 10.1. The Kier molecular flexibility index (Phi) is 3.49. The number of carbonyl (C=O) groups is 1. The molecule has 0 radical (unpaired) electrons. The van der Waals surface area contributed by atoms with Gasteiger partial charge in [-0.2, -0.15) is 0 Å². The van der Waals surface area contributed by atoms with Gasteiger partial charge in [0.1, 0.15) is 21.9 Å². The number of alkyl halides is 2. The minimum absolute atomic E-state index is 0.0244. The van der Waals surface area contributed by atoms with Crippen LogP contribution in [0, 0.1) is 12.3 Å². The maximum atomic E-state index is 12.1. The van der Waals surface area contributed by atoms with E-state index in [-0.39, 0.29) is 6.61 Å². The standard InChI is InChI=1S/C16H14Cl2O4/c1-9-3-4-11-10(6-13(19)22-12(11)5-9)7-21-14(20)15(2)8-16(15,17)18/h3-6H,7-8H2,1-2H3/t15-/m0/s1. The van der Waals surface area contributed by atoms with Gasteiger partial charge in [-0.1, -0.05) is 12.1 Å². The van der Waals surface area contributed by atoms with Gasteiger partial charge in [-0.15, -0.1) is 23.2 Å². The molecule has 1 fully saturated rings. The highest BCUT2D eigenvalue weighted by molar-refractivity contribution is 6.53. The van der Waals surface area contributed by atoms with Crippen molar-refractivity contribution in [3.63, 3.8) is 0 Å². The summed E-state index contributed by atoms with van der Waals surface area (Å²) in [5, 5.41) is 0.738. The number of hydrogen-bond donors (Lipinski definition) is 0. The van der Waals surface area contributed by atoms with E-state index >= 15 is 0 Å². The van der Waals surface area contributed by atoms with Crippen molar-refractivity contribution in [2.75, 3.05) is 0 Å². The second kappa shape index (κ2) is 5.00. The molecule has 1 saturated carbocycles. The number of esters is 1. The molecule has 1 atom stereocenters. The highest BCUT2D eigenvalue weighted by atomic mass is 35.5. The highest BCUT2D eigenvalue weighted by Gasteiger charge is 2.69. The van der Waals surface area contributed by atoms with Crippen molar-refractivity contribution in [1.82, 2.24) is 0 Å². The van der Waals surface area contributed by atoms with Gasteiger partial charge in [-0.25, -0.2) is 4.79 Å². The molecule has 0 aliphatic heterocycles. The van der Waals surface area contributed by atoms with Crippen LogP contribution in [0.3, 0.4) is 0 Å². The van der Waals surface area contributed by atoms with Gasteiger partial charge in [0.25, 0.3) is 0 Å². The van der Waals surface area contributed by atoms with Gasteiger partial charge in [-0.3, -0.25) is 4.79 Å². The van der Waals surface area contributed by atoms with Crippen LogP contribution in [0.2, 0.25) is 0 Å². The van der Waals surface area contributed by atoms with Gasteiger partial charge in [0.15, 0.2) is 0 Å². The lowest BCUT2D eigenvalue weighted by molar-refractivity contribution is -0.150. The SMILES string of the molecule is Cc1ccc2c(COC(=O)[C@]3(C)CC3(Cl)Cl)cc(=O)oc2c1. The minimum atomic E-state index is -1.07. The summed E-state index contributed by atoms with van der Waals surface area (Å²) < 4.78 is 9.39. The molecule has 116 valence electrons. The summed E-state index contributed by atoms with van der Waals surface area (Å²) in [6.45, 7) is 3.54.